The number of carboxylic acids is 1. The predicted octanol–water partition coefficient (Wildman–Crippen LogP) is 6.47. The normalized spacial score (nSPS) is 12.3. The van der Waals surface area contributed by atoms with E-state index in [4.69, 9.17) is 21.7 Å². The molecule has 2 heterocycles. The number of anilines is 2. The lowest BCUT2D eigenvalue weighted by molar-refractivity contribution is 0.0697. The van der Waals surface area contributed by atoms with Crippen molar-refractivity contribution in [2.24, 2.45) is 4.99 Å². The number of fused-ring (bicyclic) bond motifs is 3. The van der Waals surface area contributed by atoms with E-state index in [1.807, 2.05) is 6.07 Å². The number of hydrogen-bond donors (Lipinski definition) is 2. The van der Waals surface area contributed by atoms with E-state index in [1.165, 1.54) is 30.3 Å². The average molecular weight is 476 g/mol. The number of benzene rings is 3. The van der Waals surface area contributed by atoms with Gasteiger partial charge in [0.05, 0.1) is 29.1 Å². The fourth-order valence-corrected chi connectivity index (χ4v) is 4.04. The average Bonchev–Trinajstić information content (AvgIpc) is 2.96. The first kappa shape index (κ1) is 21.7. The minimum atomic E-state index is -1.01. The van der Waals surface area contributed by atoms with E-state index in [9.17, 15) is 13.6 Å². The zero-order valence-electron chi connectivity index (χ0n) is 17.5. The summed E-state index contributed by atoms with van der Waals surface area (Å²) in [6.07, 6.45) is 0. The van der Waals surface area contributed by atoms with Gasteiger partial charge < -0.3 is 10.4 Å². The molecule has 1 aliphatic rings. The summed E-state index contributed by atoms with van der Waals surface area (Å²) in [5.41, 5.74) is 3.30. The molecule has 1 aliphatic heterocycles. The Morgan fingerprint density at radius 1 is 0.941 bits per heavy atom. The van der Waals surface area contributed by atoms with E-state index >= 15 is 0 Å². The Labute approximate surface area is 198 Å². The summed E-state index contributed by atoms with van der Waals surface area (Å²) in [4.78, 5) is 20.4. The summed E-state index contributed by atoms with van der Waals surface area (Å²) in [6, 6.07) is 18.7. The standard InChI is InChI=1S/C26H16ClF2N3O2/c27-16-7-10-18-19(12-16)25(23-20(28)2-1-3-21(23)29)30-13-15-6-11-22(32-24(15)18)31-17-8-4-14(5-9-17)26(33)34/h1-12H,13H2,(H,31,32)(H,33,34). The third-order valence-electron chi connectivity index (χ3n) is 5.48. The van der Waals surface area contributed by atoms with Crippen LogP contribution in [0.25, 0.3) is 11.3 Å². The van der Waals surface area contributed by atoms with Crippen LogP contribution in [0.5, 0.6) is 0 Å². The Morgan fingerprint density at radius 3 is 2.38 bits per heavy atom. The van der Waals surface area contributed by atoms with Crippen LogP contribution in [0.4, 0.5) is 20.3 Å². The van der Waals surface area contributed by atoms with E-state index in [2.05, 4.69) is 10.3 Å². The SMILES string of the molecule is O=C(O)c1ccc(Nc2ccc3c(n2)-c2ccc(Cl)cc2C(c2c(F)cccc2F)=NC3)cc1. The van der Waals surface area contributed by atoms with Crippen LogP contribution in [-0.4, -0.2) is 21.8 Å². The van der Waals surface area contributed by atoms with Crippen LogP contribution >= 0.6 is 11.6 Å². The van der Waals surface area contributed by atoms with Crippen molar-refractivity contribution in [3.8, 4) is 11.3 Å². The molecule has 0 aliphatic carbocycles. The first-order chi connectivity index (χ1) is 16.4. The molecule has 0 bridgehead atoms. The van der Waals surface area contributed by atoms with E-state index in [0.29, 0.717) is 33.3 Å². The third kappa shape index (κ3) is 4.02. The maximum atomic E-state index is 14.7. The molecule has 1 aromatic heterocycles. The molecule has 0 amide bonds. The summed E-state index contributed by atoms with van der Waals surface area (Å²) < 4.78 is 29.3. The van der Waals surface area contributed by atoms with E-state index in [1.54, 1.807) is 36.4 Å². The highest BCUT2D eigenvalue weighted by atomic mass is 35.5. The molecule has 4 aromatic rings. The summed E-state index contributed by atoms with van der Waals surface area (Å²) in [5, 5.41) is 12.6. The molecule has 0 spiro atoms. The lowest BCUT2D eigenvalue weighted by Gasteiger charge is -2.14. The maximum absolute atomic E-state index is 14.7. The Kier molecular flexibility index (Phi) is 5.55. The van der Waals surface area contributed by atoms with E-state index in [-0.39, 0.29) is 23.4 Å². The molecule has 168 valence electrons. The molecule has 0 radical (unpaired) electrons. The summed E-state index contributed by atoms with van der Waals surface area (Å²) >= 11 is 6.25. The number of hydrogen-bond acceptors (Lipinski definition) is 4. The van der Waals surface area contributed by atoms with Crippen molar-refractivity contribution in [1.29, 1.82) is 0 Å². The van der Waals surface area contributed by atoms with Crippen molar-refractivity contribution >= 4 is 34.8 Å². The molecule has 5 nitrogen and oxygen atoms in total. The first-order valence-electron chi connectivity index (χ1n) is 10.3. The first-order valence-corrected chi connectivity index (χ1v) is 10.7. The van der Waals surface area contributed by atoms with Crippen LogP contribution in [0.15, 0.2) is 77.8 Å². The number of nitrogens with one attached hydrogen (secondary N) is 1. The maximum Gasteiger partial charge on any atom is 0.335 e. The van der Waals surface area contributed by atoms with Crippen molar-refractivity contribution in [3.05, 3.63) is 112 Å². The molecule has 3 aromatic carbocycles. The number of aromatic nitrogens is 1. The predicted molar refractivity (Wildman–Crippen MR) is 127 cm³/mol. The molecule has 8 heteroatoms. The van der Waals surface area contributed by atoms with Crippen LogP contribution in [0.1, 0.15) is 27.0 Å². The summed E-state index contributed by atoms with van der Waals surface area (Å²) in [6.45, 7) is 0.172. The zero-order valence-corrected chi connectivity index (χ0v) is 18.3. The van der Waals surface area contributed by atoms with Gasteiger partial charge in [0.2, 0.25) is 0 Å². The Balaban J connectivity index is 1.59. The molecule has 0 unspecified atom stereocenters. The molecule has 2 N–H and O–H groups in total. The molecule has 0 saturated heterocycles. The number of halogens is 3. The third-order valence-corrected chi connectivity index (χ3v) is 5.72. The van der Waals surface area contributed by atoms with Crippen LogP contribution < -0.4 is 5.32 Å². The van der Waals surface area contributed by atoms with Gasteiger partial charge in [0.1, 0.15) is 17.5 Å². The Morgan fingerprint density at radius 2 is 1.68 bits per heavy atom. The number of carbonyl (C=O) groups is 1. The fraction of sp³-hybridized carbons (Fsp3) is 0.0385. The van der Waals surface area contributed by atoms with Gasteiger partial charge in [0.25, 0.3) is 0 Å². The highest BCUT2D eigenvalue weighted by Gasteiger charge is 2.25. The second kappa shape index (κ2) is 8.68. The summed E-state index contributed by atoms with van der Waals surface area (Å²) in [5.74, 6) is -1.91. The topological polar surface area (TPSA) is 74.6 Å². The smallest absolute Gasteiger partial charge is 0.335 e. The fourth-order valence-electron chi connectivity index (χ4n) is 3.87. The molecule has 0 atom stereocenters. The van der Waals surface area contributed by atoms with E-state index in [0.717, 1.165) is 5.56 Å². The quantitative estimate of drug-likeness (QED) is 0.354. The second-order valence-corrected chi connectivity index (χ2v) is 8.10. The Bertz CT molecular complexity index is 1450. The van der Waals surface area contributed by atoms with Crippen LogP contribution in [-0.2, 0) is 6.54 Å². The number of nitrogens with zero attached hydrogens (tertiary/aromatic N) is 2. The largest absolute Gasteiger partial charge is 0.478 e. The van der Waals surface area contributed by atoms with Gasteiger partial charge >= 0.3 is 5.97 Å². The monoisotopic (exact) mass is 475 g/mol. The van der Waals surface area contributed by atoms with Gasteiger partial charge in [-0.3, -0.25) is 4.99 Å². The van der Waals surface area contributed by atoms with Gasteiger partial charge in [-0.05, 0) is 54.6 Å². The van der Waals surface area contributed by atoms with E-state index < -0.39 is 17.6 Å². The van der Waals surface area contributed by atoms with Crippen molar-refractivity contribution < 1.29 is 18.7 Å². The molecule has 5 rings (SSSR count). The van der Waals surface area contributed by atoms with Crippen molar-refractivity contribution in [3.63, 3.8) is 0 Å². The molecule has 0 saturated carbocycles. The van der Waals surface area contributed by atoms with Gasteiger partial charge in [0, 0.05) is 27.4 Å². The highest BCUT2D eigenvalue weighted by Crippen LogP contribution is 2.35. The zero-order chi connectivity index (χ0) is 23.8. The number of aromatic carboxylic acids is 1. The van der Waals surface area contributed by atoms with Gasteiger partial charge in [-0.15, -0.1) is 0 Å². The minimum absolute atomic E-state index is 0.171. The number of pyridine rings is 1. The lowest BCUT2D eigenvalue weighted by atomic mass is 9.94. The number of carboxylic acid groups (broad SMARTS) is 1. The lowest BCUT2D eigenvalue weighted by Crippen LogP contribution is -2.10. The number of aliphatic imine (C=N–C) groups is 1. The van der Waals surface area contributed by atoms with Crippen molar-refractivity contribution in [1.82, 2.24) is 4.98 Å². The molecule has 0 fully saturated rings. The van der Waals surface area contributed by atoms with Crippen LogP contribution in [0.2, 0.25) is 5.02 Å². The number of rotatable bonds is 4. The van der Waals surface area contributed by atoms with Crippen molar-refractivity contribution in [2.45, 2.75) is 6.54 Å². The second-order valence-electron chi connectivity index (χ2n) is 7.66. The van der Waals surface area contributed by atoms with Crippen LogP contribution in [0.3, 0.4) is 0 Å². The highest BCUT2D eigenvalue weighted by molar-refractivity contribution is 6.31. The minimum Gasteiger partial charge on any atom is -0.478 e. The molecular weight excluding hydrogens is 460 g/mol. The molecular formula is C26H16ClF2N3O2. The summed E-state index contributed by atoms with van der Waals surface area (Å²) in [7, 11) is 0. The molecule has 34 heavy (non-hydrogen) atoms. The van der Waals surface area contributed by atoms with Gasteiger partial charge in [0.15, 0.2) is 0 Å². The van der Waals surface area contributed by atoms with Gasteiger partial charge in [-0.2, -0.15) is 0 Å². The van der Waals surface area contributed by atoms with Crippen molar-refractivity contribution in [2.75, 3.05) is 5.32 Å². The van der Waals surface area contributed by atoms with Gasteiger partial charge in [-0.25, -0.2) is 18.6 Å². The Hall–Kier alpha value is -4.10. The van der Waals surface area contributed by atoms with Gasteiger partial charge in [-0.1, -0.05) is 29.8 Å². The van der Waals surface area contributed by atoms with Crippen LogP contribution in [0, 0.1) is 11.6 Å².